The first kappa shape index (κ1) is 15.7. The van der Waals surface area contributed by atoms with E-state index in [2.05, 4.69) is 37.8 Å². The van der Waals surface area contributed by atoms with Crippen molar-refractivity contribution in [1.82, 2.24) is 4.90 Å². The highest BCUT2D eigenvalue weighted by atomic mass is 16.4. The van der Waals surface area contributed by atoms with Crippen LogP contribution in [0.15, 0.2) is 12.1 Å². The molecule has 0 aliphatic carbocycles. The Bertz CT molecular complexity index is 454. The zero-order valence-electron chi connectivity index (χ0n) is 12.7. The molecule has 106 valence electrons. The zero-order chi connectivity index (χ0) is 14.6. The number of carbonyl (C=O) groups is 1. The fourth-order valence-corrected chi connectivity index (χ4v) is 2.43. The molecule has 0 aromatic heterocycles. The Morgan fingerprint density at radius 1 is 1.26 bits per heavy atom. The molecule has 0 radical (unpaired) electrons. The van der Waals surface area contributed by atoms with Gasteiger partial charge in [-0.15, -0.1) is 0 Å². The number of rotatable bonds is 6. The lowest BCUT2D eigenvalue weighted by atomic mass is 9.98. The molecule has 0 heterocycles. The van der Waals surface area contributed by atoms with Crippen LogP contribution in [0.5, 0.6) is 0 Å². The summed E-state index contributed by atoms with van der Waals surface area (Å²) in [6, 6.07) is 4.34. The standard InChI is InChI=1S/C16H25NO2/c1-11(8-16(18)19)9-17(5)10-15-7-6-12(2)13(3)14(15)4/h6-7,11H,8-10H2,1-5H3,(H,18,19). The van der Waals surface area contributed by atoms with Gasteiger partial charge in [-0.1, -0.05) is 19.1 Å². The molecule has 0 saturated carbocycles. The summed E-state index contributed by atoms with van der Waals surface area (Å²) in [7, 11) is 2.05. The molecule has 0 aliphatic heterocycles. The van der Waals surface area contributed by atoms with Crippen LogP contribution < -0.4 is 0 Å². The topological polar surface area (TPSA) is 40.5 Å². The Kier molecular flexibility index (Phi) is 5.55. The molecule has 1 unspecified atom stereocenters. The largest absolute Gasteiger partial charge is 0.481 e. The molecule has 1 rings (SSSR count). The van der Waals surface area contributed by atoms with Crippen LogP contribution in [-0.2, 0) is 11.3 Å². The van der Waals surface area contributed by atoms with Crippen molar-refractivity contribution in [2.24, 2.45) is 5.92 Å². The Morgan fingerprint density at radius 3 is 2.47 bits per heavy atom. The SMILES string of the molecule is Cc1ccc(CN(C)CC(C)CC(=O)O)c(C)c1C. The highest BCUT2D eigenvalue weighted by Crippen LogP contribution is 2.18. The molecule has 3 nitrogen and oxygen atoms in total. The number of carboxylic acids is 1. The Hall–Kier alpha value is -1.35. The third-order valence-corrected chi connectivity index (χ3v) is 3.76. The van der Waals surface area contributed by atoms with Crippen molar-refractivity contribution in [2.75, 3.05) is 13.6 Å². The van der Waals surface area contributed by atoms with Gasteiger partial charge in [0.25, 0.3) is 0 Å². The molecule has 0 saturated heterocycles. The first-order chi connectivity index (χ1) is 8.81. The molecule has 3 heteroatoms. The van der Waals surface area contributed by atoms with Crippen LogP contribution in [0.25, 0.3) is 0 Å². The van der Waals surface area contributed by atoms with Crippen molar-refractivity contribution in [3.63, 3.8) is 0 Å². The summed E-state index contributed by atoms with van der Waals surface area (Å²) in [5, 5.41) is 8.78. The Morgan fingerprint density at radius 2 is 1.89 bits per heavy atom. The van der Waals surface area contributed by atoms with Gasteiger partial charge < -0.3 is 10.0 Å². The van der Waals surface area contributed by atoms with Crippen LogP contribution in [0.1, 0.15) is 35.6 Å². The van der Waals surface area contributed by atoms with Crippen molar-refractivity contribution in [2.45, 2.75) is 40.7 Å². The molecular formula is C16H25NO2. The minimum atomic E-state index is -0.719. The van der Waals surface area contributed by atoms with Gasteiger partial charge in [-0.2, -0.15) is 0 Å². The number of hydrogen-bond acceptors (Lipinski definition) is 2. The van der Waals surface area contributed by atoms with Gasteiger partial charge in [0.2, 0.25) is 0 Å². The molecule has 19 heavy (non-hydrogen) atoms. The predicted octanol–water partition coefficient (Wildman–Crippen LogP) is 3.15. The molecule has 0 fully saturated rings. The van der Waals surface area contributed by atoms with Crippen LogP contribution in [0.4, 0.5) is 0 Å². The Labute approximate surface area is 116 Å². The monoisotopic (exact) mass is 263 g/mol. The van der Waals surface area contributed by atoms with Crippen molar-refractivity contribution >= 4 is 5.97 Å². The van der Waals surface area contributed by atoms with Crippen molar-refractivity contribution < 1.29 is 9.90 Å². The molecule has 0 bridgehead atoms. The molecular weight excluding hydrogens is 238 g/mol. The van der Waals surface area contributed by atoms with Crippen molar-refractivity contribution in [1.29, 1.82) is 0 Å². The number of nitrogens with zero attached hydrogens (tertiary/aromatic N) is 1. The molecule has 1 atom stereocenters. The predicted molar refractivity (Wildman–Crippen MR) is 78.4 cm³/mol. The number of carboxylic acid groups (broad SMARTS) is 1. The second-order valence-electron chi connectivity index (χ2n) is 5.69. The van der Waals surface area contributed by atoms with Gasteiger partial charge in [0, 0.05) is 19.5 Å². The van der Waals surface area contributed by atoms with Gasteiger partial charge in [-0.25, -0.2) is 0 Å². The van der Waals surface area contributed by atoms with Crippen LogP contribution in [0, 0.1) is 26.7 Å². The van der Waals surface area contributed by atoms with Gasteiger partial charge >= 0.3 is 5.97 Å². The lowest BCUT2D eigenvalue weighted by Gasteiger charge is -2.22. The van der Waals surface area contributed by atoms with E-state index in [4.69, 9.17) is 5.11 Å². The first-order valence-electron chi connectivity index (χ1n) is 6.77. The molecule has 1 aromatic rings. The van der Waals surface area contributed by atoms with Gasteiger partial charge in [-0.3, -0.25) is 4.79 Å². The molecule has 0 amide bonds. The first-order valence-corrected chi connectivity index (χ1v) is 6.77. The summed E-state index contributed by atoms with van der Waals surface area (Å²) >= 11 is 0. The molecule has 0 aliphatic rings. The zero-order valence-corrected chi connectivity index (χ0v) is 12.7. The van der Waals surface area contributed by atoms with E-state index in [0.29, 0.717) is 0 Å². The summed E-state index contributed by atoms with van der Waals surface area (Å²) in [5.41, 5.74) is 5.35. The van der Waals surface area contributed by atoms with Crippen molar-refractivity contribution in [3.8, 4) is 0 Å². The quantitative estimate of drug-likeness (QED) is 0.857. The maximum atomic E-state index is 10.7. The minimum absolute atomic E-state index is 0.175. The summed E-state index contributed by atoms with van der Waals surface area (Å²) in [6.45, 7) is 10.1. The van der Waals surface area contributed by atoms with Crippen LogP contribution in [-0.4, -0.2) is 29.6 Å². The number of aliphatic carboxylic acids is 1. The fourth-order valence-electron chi connectivity index (χ4n) is 2.43. The third kappa shape index (κ3) is 4.67. The van der Waals surface area contributed by atoms with Gasteiger partial charge in [0.15, 0.2) is 0 Å². The fraction of sp³-hybridized carbons (Fsp3) is 0.562. The summed E-state index contributed by atoms with van der Waals surface area (Å²) < 4.78 is 0. The van der Waals surface area contributed by atoms with E-state index in [1.54, 1.807) is 0 Å². The average Bonchev–Trinajstić information content (AvgIpc) is 2.28. The summed E-state index contributed by atoms with van der Waals surface area (Å²) in [4.78, 5) is 12.9. The van der Waals surface area contributed by atoms with Gasteiger partial charge in [0.1, 0.15) is 0 Å². The maximum absolute atomic E-state index is 10.7. The highest BCUT2D eigenvalue weighted by Gasteiger charge is 2.12. The number of benzene rings is 1. The van der Waals surface area contributed by atoms with Crippen LogP contribution in [0.2, 0.25) is 0 Å². The second kappa shape index (κ2) is 6.71. The van der Waals surface area contributed by atoms with E-state index in [9.17, 15) is 4.79 Å². The average molecular weight is 263 g/mol. The maximum Gasteiger partial charge on any atom is 0.303 e. The van der Waals surface area contributed by atoms with E-state index >= 15 is 0 Å². The van der Waals surface area contributed by atoms with E-state index in [1.165, 1.54) is 22.3 Å². The van der Waals surface area contributed by atoms with Gasteiger partial charge in [0.05, 0.1) is 0 Å². The number of aryl methyl sites for hydroxylation is 1. The Balaban J connectivity index is 2.64. The highest BCUT2D eigenvalue weighted by molar-refractivity contribution is 5.66. The van der Waals surface area contributed by atoms with Crippen LogP contribution in [0.3, 0.4) is 0 Å². The minimum Gasteiger partial charge on any atom is -0.481 e. The third-order valence-electron chi connectivity index (χ3n) is 3.76. The van der Waals surface area contributed by atoms with E-state index in [1.807, 2.05) is 14.0 Å². The molecule has 1 aromatic carbocycles. The smallest absolute Gasteiger partial charge is 0.303 e. The van der Waals surface area contributed by atoms with Crippen molar-refractivity contribution in [3.05, 3.63) is 34.4 Å². The van der Waals surface area contributed by atoms with Gasteiger partial charge in [-0.05, 0) is 56.0 Å². The lowest BCUT2D eigenvalue weighted by Crippen LogP contribution is -2.25. The lowest BCUT2D eigenvalue weighted by molar-refractivity contribution is -0.138. The summed E-state index contributed by atoms with van der Waals surface area (Å²) in [6.07, 6.45) is 0.232. The molecule has 0 spiro atoms. The van der Waals surface area contributed by atoms with E-state index < -0.39 is 5.97 Å². The van der Waals surface area contributed by atoms with E-state index in [-0.39, 0.29) is 12.3 Å². The number of hydrogen-bond donors (Lipinski definition) is 1. The second-order valence-corrected chi connectivity index (χ2v) is 5.69. The molecule has 1 N–H and O–H groups in total. The van der Waals surface area contributed by atoms with Crippen LogP contribution >= 0.6 is 0 Å². The summed E-state index contributed by atoms with van der Waals surface area (Å²) in [5.74, 6) is -0.544. The van der Waals surface area contributed by atoms with E-state index in [0.717, 1.165) is 13.1 Å². The normalized spacial score (nSPS) is 12.7.